The summed E-state index contributed by atoms with van der Waals surface area (Å²) in [5.74, 6) is -0.934. The van der Waals surface area contributed by atoms with Crippen LogP contribution in [0.5, 0.6) is 0 Å². The van der Waals surface area contributed by atoms with Crippen LogP contribution in [0, 0.1) is 5.92 Å². The van der Waals surface area contributed by atoms with E-state index in [9.17, 15) is 9.59 Å². The first-order valence-corrected chi connectivity index (χ1v) is 18.7. The van der Waals surface area contributed by atoms with Crippen molar-refractivity contribution in [1.29, 1.82) is 0 Å². The Morgan fingerprint density at radius 3 is 2.00 bits per heavy atom. The summed E-state index contributed by atoms with van der Waals surface area (Å²) in [6, 6.07) is 5.70. The molecule has 0 aliphatic heterocycles. The van der Waals surface area contributed by atoms with E-state index < -0.39 is 11.9 Å². The molecule has 1 amide bonds. The number of aromatic nitrogens is 4. The van der Waals surface area contributed by atoms with E-state index in [4.69, 9.17) is 16.3 Å². The van der Waals surface area contributed by atoms with Gasteiger partial charge in [0.25, 0.3) is 0 Å². The third kappa shape index (κ3) is 12.0. The van der Waals surface area contributed by atoms with E-state index >= 15 is 0 Å². The quantitative estimate of drug-likeness (QED) is 0.0629. The molecule has 0 radical (unpaired) electrons. The normalized spacial score (nSPS) is 12.5. The number of hydrogen-bond acceptors (Lipinski definition) is 5. The summed E-state index contributed by atoms with van der Waals surface area (Å²) in [7, 11) is 0. The lowest BCUT2D eigenvalue weighted by Crippen LogP contribution is -2.31. The molecular weight excluding hydrogens is 610 g/mol. The highest BCUT2D eigenvalue weighted by molar-refractivity contribution is 6.34. The lowest BCUT2D eigenvalue weighted by Gasteiger charge is -2.16. The molecule has 47 heavy (non-hydrogen) atoms. The highest BCUT2D eigenvalue weighted by Crippen LogP contribution is 2.33. The lowest BCUT2D eigenvalue weighted by molar-refractivity contribution is -0.151. The molecule has 0 aliphatic carbocycles. The van der Waals surface area contributed by atoms with E-state index in [-0.39, 0.29) is 11.3 Å². The zero-order valence-corrected chi connectivity index (χ0v) is 30.7. The molecule has 2 N–H and O–H groups in total. The van der Waals surface area contributed by atoms with Gasteiger partial charge in [-0.15, -0.1) is 9.73 Å². The number of fused-ring (bicyclic) bond motifs is 1. The van der Waals surface area contributed by atoms with Gasteiger partial charge in [-0.2, -0.15) is 5.10 Å². The van der Waals surface area contributed by atoms with Gasteiger partial charge < -0.3 is 15.0 Å². The number of benzene rings is 1. The molecule has 262 valence electrons. The number of aromatic amines is 1. The van der Waals surface area contributed by atoms with Gasteiger partial charge in [0.15, 0.2) is 11.5 Å². The number of halogens is 1. The van der Waals surface area contributed by atoms with E-state index in [1.807, 2.05) is 25.1 Å². The molecule has 0 saturated carbocycles. The number of unbranched alkanes of at least 4 members (excludes halogenated alkanes) is 13. The van der Waals surface area contributed by atoms with Crippen LogP contribution in [0.25, 0.3) is 17.0 Å². The molecule has 0 aliphatic rings. The number of carbonyl (C=O) groups is 2. The molecule has 1 aromatic carbocycles. The van der Waals surface area contributed by atoms with Crippen LogP contribution < -0.4 is 5.32 Å². The SMILES string of the molecule is CCCCCCCCCCCCCCCCOC(=O)C(CCC)C(=O)Nc1ccc(-c2nn3nc(C(C)(C)C)c(Cl)c3[nH]2)c(CC)c1. The summed E-state index contributed by atoms with van der Waals surface area (Å²) in [6.07, 6.45) is 19.8. The van der Waals surface area contributed by atoms with E-state index in [1.54, 1.807) is 4.63 Å². The highest BCUT2D eigenvalue weighted by atomic mass is 35.5. The molecule has 1 unspecified atom stereocenters. The van der Waals surface area contributed by atoms with Crippen molar-refractivity contribution < 1.29 is 14.3 Å². The molecule has 0 bridgehead atoms. The Hall–Kier alpha value is -2.87. The van der Waals surface area contributed by atoms with Crippen LogP contribution in [-0.2, 0) is 26.2 Å². The molecule has 3 aromatic rings. The fourth-order valence-electron chi connectivity index (χ4n) is 6.04. The van der Waals surface area contributed by atoms with Crippen molar-refractivity contribution in [3.63, 3.8) is 0 Å². The first-order chi connectivity index (χ1) is 22.6. The summed E-state index contributed by atoms with van der Waals surface area (Å²) >= 11 is 6.64. The van der Waals surface area contributed by atoms with Crippen LogP contribution >= 0.6 is 11.6 Å². The van der Waals surface area contributed by atoms with Gasteiger partial charge in [-0.25, -0.2) is 0 Å². The van der Waals surface area contributed by atoms with Crippen molar-refractivity contribution in [3.8, 4) is 11.4 Å². The van der Waals surface area contributed by atoms with Gasteiger partial charge in [-0.3, -0.25) is 9.59 Å². The Morgan fingerprint density at radius 1 is 0.872 bits per heavy atom. The number of aryl methyl sites for hydroxylation is 1. The minimum absolute atomic E-state index is 0.200. The standard InChI is InChI=1S/C38H60ClN5O3/c1-7-10-11-12-13-14-15-16-17-18-19-20-21-22-26-47-37(46)31(23-8-2)36(45)40-29-24-25-30(28(9-3)27-29)34-41-35-32(39)33(38(4,5)6)42-44(35)43-34/h24-25,27,31H,7-23,26H2,1-6H3,(H,40,45)(H,41,43). The molecule has 9 heteroatoms. The molecule has 1 atom stereocenters. The molecule has 2 heterocycles. The van der Waals surface area contributed by atoms with Crippen LogP contribution in [-0.4, -0.2) is 38.3 Å². The third-order valence-electron chi connectivity index (χ3n) is 8.88. The van der Waals surface area contributed by atoms with Crippen LogP contribution in [0.1, 0.15) is 156 Å². The van der Waals surface area contributed by atoms with Crippen LogP contribution in [0.15, 0.2) is 18.2 Å². The number of esters is 1. The van der Waals surface area contributed by atoms with Crippen molar-refractivity contribution in [3.05, 3.63) is 34.5 Å². The fourth-order valence-corrected chi connectivity index (χ4v) is 6.48. The number of anilines is 1. The van der Waals surface area contributed by atoms with Crippen molar-refractivity contribution >= 4 is 34.8 Å². The zero-order valence-electron chi connectivity index (χ0n) is 30.0. The fraction of sp³-hybridized carbons (Fsp3) is 0.684. The highest BCUT2D eigenvalue weighted by Gasteiger charge is 2.28. The molecule has 8 nitrogen and oxygen atoms in total. The second kappa shape index (κ2) is 19.8. The smallest absolute Gasteiger partial charge is 0.318 e. The van der Waals surface area contributed by atoms with E-state index in [0.29, 0.717) is 41.6 Å². The van der Waals surface area contributed by atoms with E-state index in [1.165, 1.54) is 77.0 Å². The summed E-state index contributed by atoms with van der Waals surface area (Å²) in [5, 5.41) is 12.8. The van der Waals surface area contributed by atoms with E-state index in [0.717, 1.165) is 36.1 Å². The maximum atomic E-state index is 13.2. The largest absolute Gasteiger partial charge is 0.465 e. The Bertz CT molecular complexity index is 1390. The molecule has 0 fully saturated rings. The number of nitrogens with one attached hydrogen (secondary N) is 2. The number of rotatable bonds is 22. The molecule has 3 rings (SSSR count). The first kappa shape index (κ1) is 38.6. The Balaban J connectivity index is 1.43. The second-order valence-corrected chi connectivity index (χ2v) is 14.4. The number of carbonyl (C=O) groups excluding carboxylic acids is 2. The van der Waals surface area contributed by atoms with Gasteiger partial charge in [0, 0.05) is 16.7 Å². The van der Waals surface area contributed by atoms with Crippen LogP contribution in [0.3, 0.4) is 0 Å². The van der Waals surface area contributed by atoms with Crippen molar-refractivity contribution in [1.82, 2.24) is 19.8 Å². The molecule has 0 saturated heterocycles. The molecule has 2 aromatic heterocycles. The second-order valence-electron chi connectivity index (χ2n) is 14.0. The van der Waals surface area contributed by atoms with Crippen LogP contribution in [0.2, 0.25) is 5.02 Å². The van der Waals surface area contributed by atoms with Gasteiger partial charge in [0.05, 0.1) is 12.3 Å². The average molecular weight is 670 g/mol. The number of amides is 1. The first-order valence-electron chi connectivity index (χ1n) is 18.4. The maximum absolute atomic E-state index is 13.2. The summed E-state index contributed by atoms with van der Waals surface area (Å²) in [6.45, 7) is 12.9. The Kier molecular flexibility index (Phi) is 16.3. The monoisotopic (exact) mass is 669 g/mol. The van der Waals surface area contributed by atoms with Crippen molar-refractivity contribution in [2.75, 3.05) is 11.9 Å². The number of nitrogens with zero attached hydrogens (tertiary/aromatic N) is 3. The van der Waals surface area contributed by atoms with Crippen molar-refractivity contribution in [2.24, 2.45) is 5.92 Å². The van der Waals surface area contributed by atoms with Gasteiger partial charge in [-0.05, 0) is 43.0 Å². The number of hydrogen-bond donors (Lipinski definition) is 2. The van der Waals surface area contributed by atoms with E-state index in [2.05, 4.69) is 55.1 Å². The lowest BCUT2D eigenvalue weighted by atomic mass is 9.92. The molecule has 0 spiro atoms. The average Bonchev–Trinajstić information content (AvgIpc) is 3.60. The van der Waals surface area contributed by atoms with Gasteiger partial charge >= 0.3 is 5.97 Å². The summed E-state index contributed by atoms with van der Waals surface area (Å²) in [4.78, 5) is 29.5. The minimum atomic E-state index is -0.826. The zero-order chi connectivity index (χ0) is 34.2. The number of H-pyrrole nitrogens is 1. The maximum Gasteiger partial charge on any atom is 0.318 e. The summed E-state index contributed by atoms with van der Waals surface area (Å²) in [5.41, 5.74) is 3.79. The van der Waals surface area contributed by atoms with Gasteiger partial charge in [-0.1, -0.05) is 143 Å². The topological polar surface area (TPSA) is 101 Å². The molecular formula is C38H60ClN5O3. The summed E-state index contributed by atoms with van der Waals surface area (Å²) < 4.78 is 7.12. The van der Waals surface area contributed by atoms with Gasteiger partial charge in [0.1, 0.15) is 10.9 Å². The van der Waals surface area contributed by atoms with Crippen LogP contribution in [0.4, 0.5) is 5.69 Å². The third-order valence-corrected chi connectivity index (χ3v) is 9.24. The number of ether oxygens (including phenoxy) is 1. The predicted octanol–water partition coefficient (Wildman–Crippen LogP) is 10.6. The predicted molar refractivity (Wildman–Crippen MR) is 194 cm³/mol. The minimum Gasteiger partial charge on any atom is -0.465 e. The van der Waals surface area contributed by atoms with Crippen molar-refractivity contribution in [2.45, 2.75) is 156 Å². The Labute approximate surface area is 288 Å². The van der Waals surface area contributed by atoms with Gasteiger partial charge in [0.2, 0.25) is 5.91 Å². The Morgan fingerprint density at radius 2 is 1.47 bits per heavy atom.